The van der Waals surface area contributed by atoms with E-state index in [1.165, 1.54) is 5.57 Å². The van der Waals surface area contributed by atoms with Crippen LogP contribution in [-0.4, -0.2) is 48.4 Å². The van der Waals surface area contributed by atoms with Crippen molar-refractivity contribution >= 4 is 5.91 Å². The van der Waals surface area contributed by atoms with E-state index in [4.69, 9.17) is 0 Å². The van der Waals surface area contributed by atoms with Crippen LogP contribution in [-0.2, 0) is 4.79 Å². The minimum Gasteiger partial charge on any atom is -0.340 e. The van der Waals surface area contributed by atoms with Crippen molar-refractivity contribution in [3.8, 4) is 0 Å². The molecule has 0 bridgehead atoms. The van der Waals surface area contributed by atoms with E-state index in [-0.39, 0.29) is 5.92 Å². The number of rotatable bonds is 3. The fraction of sp³-hybridized carbons (Fsp3) is 0.769. The van der Waals surface area contributed by atoms with E-state index in [1.807, 2.05) is 18.7 Å². The molecule has 0 atom stereocenters. The fourth-order valence-corrected chi connectivity index (χ4v) is 1.83. The molecule has 1 rings (SSSR count). The molecule has 1 saturated heterocycles. The maximum absolute atomic E-state index is 11.8. The Balaban J connectivity index is 2.34. The monoisotopic (exact) mass is 224 g/mol. The molecule has 1 aliphatic rings. The van der Waals surface area contributed by atoms with E-state index in [2.05, 4.69) is 24.8 Å². The first-order chi connectivity index (χ1) is 7.50. The summed E-state index contributed by atoms with van der Waals surface area (Å²) < 4.78 is 0. The molecule has 0 aromatic heterocycles. The lowest BCUT2D eigenvalue weighted by atomic mass is 10.1. The van der Waals surface area contributed by atoms with Crippen LogP contribution in [0.3, 0.4) is 0 Å². The minimum absolute atomic E-state index is 0.129. The second-order valence-corrected chi connectivity index (χ2v) is 5.06. The Morgan fingerprint density at radius 3 is 2.19 bits per heavy atom. The predicted molar refractivity (Wildman–Crippen MR) is 67.3 cm³/mol. The maximum Gasteiger partial charge on any atom is 0.225 e. The Morgan fingerprint density at radius 2 is 1.75 bits per heavy atom. The molecule has 1 fully saturated rings. The molecule has 0 unspecified atom stereocenters. The lowest BCUT2D eigenvalue weighted by Gasteiger charge is -2.35. The number of hydrogen-bond donors (Lipinski definition) is 0. The van der Waals surface area contributed by atoms with Gasteiger partial charge in [-0.2, -0.15) is 0 Å². The Hall–Kier alpha value is -0.830. The molecule has 0 aliphatic carbocycles. The molecular formula is C13H24N2O. The molecule has 3 nitrogen and oxygen atoms in total. The largest absolute Gasteiger partial charge is 0.340 e. The van der Waals surface area contributed by atoms with Gasteiger partial charge in [-0.25, -0.2) is 0 Å². The van der Waals surface area contributed by atoms with Crippen molar-refractivity contribution in [2.75, 3.05) is 32.7 Å². The SMILES string of the molecule is CC(C)=CCN1CCN(C(=O)C(C)C)CC1. The first-order valence-corrected chi connectivity index (χ1v) is 6.15. The molecule has 92 valence electrons. The molecular weight excluding hydrogens is 200 g/mol. The minimum atomic E-state index is 0.129. The molecule has 1 heterocycles. The zero-order chi connectivity index (χ0) is 12.1. The van der Waals surface area contributed by atoms with Gasteiger partial charge in [0.1, 0.15) is 0 Å². The molecule has 0 radical (unpaired) electrons. The summed E-state index contributed by atoms with van der Waals surface area (Å²) >= 11 is 0. The first kappa shape index (κ1) is 13.2. The van der Waals surface area contributed by atoms with E-state index < -0.39 is 0 Å². The van der Waals surface area contributed by atoms with Crippen molar-refractivity contribution < 1.29 is 4.79 Å². The van der Waals surface area contributed by atoms with Crippen LogP contribution in [0.5, 0.6) is 0 Å². The third-order valence-corrected chi connectivity index (χ3v) is 2.94. The van der Waals surface area contributed by atoms with Crippen LogP contribution < -0.4 is 0 Å². The van der Waals surface area contributed by atoms with Crippen molar-refractivity contribution in [1.82, 2.24) is 9.80 Å². The van der Waals surface area contributed by atoms with Gasteiger partial charge in [-0.15, -0.1) is 0 Å². The number of piperazine rings is 1. The van der Waals surface area contributed by atoms with Crippen molar-refractivity contribution in [2.24, 2.45) is 5.92 Å². The summed E-state index contributed by atoms with van der Waals surface area (Å²) in [5.74, 6) is 0.422. The Morgan fingerprint density at radius 1 is 1.19 bits per heavy atom. The average molecular weight is 224 g/mol. The van der Waals surface area contributed by atoms with Crippen LogP contribution in [0.2, 0.25) is 0 Å². The van der Waals surface area contributed by atoms with Gasteiger partial charge in [-0.3, -0.25) is 9.69 Å². The van der Waals surface area contributed by atoms with Crippen LogP contribution in [0.25, 0.3) is 0 Å². The predicted octanol–water partition coefficient (Wildman–Crippen LogP) is 1.75. The van der Waals surface area contributed by atoms with Crippen molar-refractivity contribution in [2.45, 2.75) is 27.7 Å². The van der Waals surface area contributed by atoms with Gasteiger partial charge in [0, 0.05) is 38.6 Å². The Bertz CT molecular complexity index is 259. The first-order valence-electron chi connectivity index (χ1n) is 6.15. The van der Waals surface area contributed by atoms with Crippen LogP contribution in [0.15, 0.2) is 11.6 Å². The van der Waals surface area contributed by atoms with Crippen molar-refractivity contribution in [3.05, 3.63) is 11.6 Å². The van der Waals surface area contributed by atoms with Gasteiger partial charge >= 0.3 is 0 Å². The summed E-state index contributed by atoms with van der Waals surface area (Å²) in [7, 11) is 0. The smallest absolute Gasteiger partial charge is 0.225 e. The Labute approximate surface area is 99.1 Å². The number of allylic oxidation sites excluding steroid dienone is 1. The second kappa shape index (κ2) is 6.04. The standard InChI is InChI=1S/C13H24N2O/c1-11(2)5-6-14-7-9-15(10-8-14)13(16)12(3)4/h5,12H,6-10H2,1-4H3. The highest BCUT2D eigenvalue weighted by Crippen LogP contribution is 2.07. The van der Waals surface area contributed by atoms with Gasteiger partial charge in [0.2, 0.25) is 5.91 Å². The fourth-order valence-electron chi connectivity index (χ4n) is 1.83. The zero-order valence-corrected chi connectivity index (χ0v) is 11.0. The van der Waals surface area contributed by atoms with Gasteiger partial charge in [0.05, 0.1) is 0 Å². The van der Waals surface area contributed by atoms with Crippen LogP contribution in [0, 0.1) is 5.92 Å². The van der Waals surface area contributed by atoms with E-state index in [0.717, 1.165) is 32.7 Å². The van der Waals surface area contributed by atoms with Gasteiger partial charge < -0.3 is 4.90 Å². The van der Waals surface area contributed by atoms with Gasteiger partial charge in [-0.1, -0.05) is 25.5 Å². The number of amides is 1. The third kappa shape index (κ3) is 3.97. The summed E-state index contributed by atoms with van der Waals surface area (Å²) in [6, 6.07) is 0. The summed E-state index contributed by atoms with van der Waals surface area (Å²) in [4.78, 5) is 16.2. The number of nitrogens with zero attached hydrogens (tertiary/aromatic N) is 2. The van der Waals surface area contributed by atoms with E-state index >= 15 is 0 Å². The van der Waals surface area contributed by atoms with Crippen LogP contribution in [0.4, 0.5) is 0 Å². The van der Waals surface area contributed by atoms with Crippen molar-refractivity contribution in [3.63, 3.8) is 0 Å². The number of carbonyl (C=O) groups excluding carboxylic acids is 1. The zero-order valence-electron chi connectivity index (χ0n) is 11.0. The highest BCUT2D eigenvalue weighted by molar-refractivity contribution is 5.78. The maximum atomic E-state index is 11.8. The van der Waals surface area contributed by atoms with E-state index in [0.29, 0.717) is 5.91 Å². The summed E-state index contributed by atoms with van der Waals surface area (Å²) in [5, 5.41) is 0. The van der Waals surface area contributed by atoms with Crippen molar-refractivity contribution in [1.29, 1.82) is 0 Å². The topological polar surface area (TPSA) is 23.6 Å². The highest BCUT2D eigenvalue weighted by Gasteiger charge is 2.21. The molecule has 0 aromatic carbocycles. The molecule has 0 N–H and O–H groups in total. The molecule has 0 saturated carbocycles. The highest BCUT2D eigenvalue weighted by atomic mass is 16.2. The third-order valence-electron chi connectivity index (χ3n) is 2.94. The summed E-state index contributed by atoms with van der Waals surface area (Å²) in [6.45, 7) is 13.0. The normalized spacial score (nSPS) is 17.7. The van der Waals surface area contributed by atoms with Gasteiger partial charge in [0.15, 0.2) is 0 Å². The lowest BCUT2D eigenvalue weighted by Crippen LogP contribution is -2.49. The molecule has 0 spiro atoms. The summed E-state index contributed by atoms with van der Waals surface area (Å²) in [5.41, 5.74) is 1.36. The van der Waals surface area contributed by atoms with Gasteiger partial charge in [0.25, 0.3) is 0 Å². The average Bonchev–Trinajstić information content (AvgIpc) is 2.26. The lowest BCUT2D eigenvalue weighted by molar-refractivity contribution is -0.136. The molecule has 1 aliphatic heterocycles. The van der Waals surface area contributed by atoms with Gasteiger partial charge in [-0.05, 0) is 13.8 Å². The molecule has 0 aromatic rings. The molecule has 16 heavy (non-hydrogen) atoms. The summed E-state index contributed by atoms with van der Waals surface area (Å²) in [6.07, 6.45) is 2.25. The Kier molecular flexibility index (Phi) is 5.00. The van der Waals surface area contributed by atoms with Crippen LogP contribution in [0.1, 0.15) is 27.7 Å². The quantitative estimate of drug-likeness (QED) is 0.682. The molecule has 3 heteroatoms. The molecule has 1 amide bonds. The second-order valence-electron chi connectivity index (χ2n) is 5.06. The number of hydrogen-bond acceptors (Lipinski definition) is 2. The van der Waals surface area contributed by atoms with E-state index in [9.17, 15) is 4.79 Å². The van der Waals surface area contributed by atoms with Crippen LogP contribution >= 0.6 is 0 Å². The number of carbonyl (C=O) groups is 1. The van der Waals surface area contributed by atoms with E-state index in [1.54, 1.807) is 0 Å².